The topological polar surface area (TPSA) is 56.0 Å². The zero-order valence-corrected chi connectivity index (χ0v) is 9.77. The highest BCUT2D eigenvalue weighted by molar-refractivity contribution is 7.11. The summed E-state index contributed by atoms with van der Waals surface area (Å²) in [5.74, 6) is -0.361. The molecule has 1 amide bonds. The first-order chi connectivity index (χ1) is 7.15. The molecule has 2 N–H and O–H groups in total. The van der Waals surface area contributed by atoms with Crippen LogP contribution < -0.4 is 5.73 Å². The SMILES string of the molecule is CC(C(N)=O)(c1cccs1)c1nccs1. The first-order valence-electron chi connectivity index (χ1n) is 4.39. The molecule has 0 bridgehead atoms. The third-order valence-electron chi connectivity index (χ3n) is 2.37. The highest BCUT2D eigenvalue weighted by Gasteiger charge is 2.38. The molecule has 0 aromatic carbocycles. The fourth-order valence-electron chi connectivity index (χ4n) is 1.37. The number of primary amides is 1. The van der Waals surface area contributed by atoms with E-state index in [0.29, 0.717) is 0 Å². The summed E-state index contributed by atoms with van der Waals surface area (Å²) in [6, 6.07) is 3.83. The second kappa shape index (κ2) is 3.75. The third-order valence-corrected chi connectivity index (χ3v) is 4.45. The zero-order chi connectivity index (χ0) is 10.9. The Kier molecular flexibility index (Phi) is 2.58. The van der Waals surface area contributed by atoms with Gasteiger partial charge in [0.25, 0.3) is 0 Å². The Labute approximate surface area is 95.6 Å². The molecule has 0 saturated heterocycles. The predicted octanol–water partition coefficient (Wildman–Crippen LogP) is 2.00. The van der Waals surface area contributed by atoms with Gasteiger partial charge in [-0.3, -0.25) is 4.79 Å². The van der Waals surface area contributed by atoms with Crippen LogP contribution in [0, 0.1) is 0 Å². The number of thiophene rings is 1. The lowest BCUT2D eigenvalue weighted by Gasteiger charge is -2.21. The van der Waals surface area contributed by atoms with E-state index in [0.717, 1.165) is 9.88 Å². The molecule has 1 atom stereocenters. The third kappa shape index (κ3) is 1.57. The predicted molar refractivity (Wildman–Crippen MR) is 62.1 cm³/mol. The minimum Gasteiger partial charge on any atom is -0.369 e. The summed E-state index contributed by atoms with van der Waals surface area (Å²) in [6.07, 6.45) is 1.69. The largest absolute Gasteiger partial charge is 0.369 e. The molecule has 2 heterocycles. The maximum Gasteiger partial charge on any atom is 0.235 e. The highest BCUT2D eigenvalue weighted by atomic mass is 32.1. The molecule has 2 aromatic rings. The molecule has 2 aromatic heterocycles. The lowest BCUT2D eigenvalue weighted by atomic mass is 9.89. The molecule has 0 aliphatic heterocycles. The summed E-state index contributed by atoms with van der Waals surface area (Å²) in [6.45, 7) is 1.82. The van der Waals surface area contributed by atoms with Crippen molar-refractivity contribution >= 4 is 28.6 Å². The number of nitrogens with zero attached hydrogens (tertiary/aromatic N) is 1. The molecule has 2 rings (SSSR count). The summed E-state index contributed by atoms with van der Waals surface area (Å²) in [5.41, 5.74) is 4.70. The van der Waals surface area contributed by atoms with E-state index in [-0.39, 0.29) is 5.91 Å². The van der Waals surface area contributed by atoms with Crippen LogP contribution in [-0.4, -0.2) is 10.9 Å². The standard InChI is InChI=1S/C10H10N2OS2/c1-10(8(11)13,7-3-2-5-14-7)9-12-4-6-15-9/h2-6H,1H3,(H2,11,13). The van der Waals surface area contributed by atoms with Gasteiger partial charge in [-0.25, -0.2) is 4.98 Å². The average molecular weight is 238 g/mol. The number of amides is 1. The van der Waals surface area contributed by atoms with Crippen molar-refractivity contribution < 1.29 is 4.79 Å². The maximum atomic E-state index is 11.6. The smallest absolute Gasteiger partial charge is 0.235 e. The van der Waals surface area contributed by atoms with Crippen LogP contribution in [0.15, 0.2) is 29.1 Å². The fraction of sp³-hybridized carbons (Fsp3) is 0.200. The van der Waals surface area contributed by atoms with E-state index >= 15 is 0 Å². The monoisotopic (exact) mass is 238 g/mol. The first-order valence-corrected chi connectivity index (χ1v) is 6.15. The molecule has 15 heavy (non-hydrogen) atoms. The van der Waals surface area contributed by atoms with Crippen molar-refractivity contribution in [3.63, 3.8) is 0 Å². The summed E-state index contributed by atoms with van der Waals surface area (Å²) >= 11 is 2.97. The van der Waals surface area contributed by atoms with Gasteiger partial charge in [0.05, 0.1) is 0 Å². The Morgan fingerprint density at radius 1 is 1.47 bits per heavy atom. The number of carbonyl (C=O) groups excluding carboxylic acids is 1. The van der Waals surface area contributed by atoms with Crippen LogP contribution in [0.1, 0.15) is 16.8 Å². The van der Waals surface area contributed by atoms with Crippen molar-refractivity contribution in [2.45, 2.75) is 12.3 Å². The fourth-order valence-corrected chi connectivity index (χ4v) is 3.14. The maximum absolute atomic E-state index is 11.6. The Balaban J connectivity index is 2.56. The summed E-state index contributed by atoms with van der Waals surface area (Å²) in [4.78, 5) is 16.7. The molecule has 78 valence electrons. The molecule has 0 radical (unpaired) electrons. The first kappa shape index (κ1) is 10.3. The van der Waals surface area contributed by atoms with Gasteiger partial charge in [0.15, 0.2) is 0 Å². The van der Waals surface area contributed by atoms with Crippen LogP contribution in [-0.2, 0) is 10.2 Å². The van der Waals surface area contributed by atoms with Crippen molar-refractivity contribution in [1.29, 1.82) is 0 Å². The van der Waals surface area contributed by atoms with E-state index < -0.39 is 5.41 Å². The van der Waals surface area contributed by atoms with Crippen LogP contribution in [0.3, 0.4) is 0 Å². The molecule has 0 aliphatic rings. The lowest BCUT2D eigenvalue weighted by Crippen LogP contribution is -2.38. The van der Waals surface area contributed by atoms with E-state index in [2.05, 4.69) is 4.98 Å². The Hall–Kier alpha value is -1.20. The summed E-state index contributed by atoms with van der Waals surface area (Å²) in [7, 11) is 0. The molecule has 0 saturated carbocycles. The van der Waals surface area contributed by atoms with Gasteiger partial charge in [-0.1, -0.05) is 6.07 Å². The van der Waals surface area contributed by atoms with E-state index in [4.69, 9.17) is 5.73 Å². The van der Waals surface area contributed by atoms with Gasteiger partial charge < -0.3 is 5.73 Å². The minimum absolute atomic E-state index is 0.361. The van der Waals surface area contributed by atoms with Crippen molar-refractivity contribution in [3.05, 3.63) is 39.0 Å². The number of thiazole rings is 1. The Bertz CT molecular complexity index is 413. The second-order valence-electron chi connectivity index (χ2n) is 3.30. The summed E-state index contributed by atoms with van der Waals surface area (Å²) < 4.78 is 0. The molecule has 3 nitrogen and oxygen atoms in total. The van der Waals surface area contributed by atoms with Crippen LogP contribution in [0.4, 0.5) is 0 Å². The Morgan fingerprint density at radius 3 is 2.73 bits per heavy atom. The lowest BCUT2D eigenvalue weighted by molar-refractivity contribution is -0.121. The number of hydrogen-bond acceptors (Lipinski definition) is 4. The van der Waals surface area contributed by atoms with E-state index in [1.54, 1.807) is 6.20 Å². The number of nitrogens with two attached hydrogens (primary N) is 1. The molecule has 1 unspecified atom stereocenters. The summed E-state index contributed by atoms with van der Waals surface area (Å²) in [5, 5.41) is 4.53. The normalized spacial score (nSPS) is 14.7. The quantitative estimate of drug-likeness (QED) is 0.889. The molecule has 0 spiro atoms. The van der Waals surface area contributed by atoms with Gasteiger partial charge in [0.1, 0.15) is 10.4 Å². The van der Waals surface area contributed by atoms with E-state index in [1.165, 1.54) is 22.7 Å². The number of aromatic nitrogens is 1. The van der Waals surface area contributed by atoms with Crippen molar-refractivity contribution in [1.82, 2.24) is 4.98 Å². The van der Waals surface area contributed by atoms with Crippen molar-refractivity contribution in [2.75, 3.05) is 0 Å². The van der Waals surface area contributed by atoms with E-state index in [1.807, 2.05) is 29.8 Å². The molecular formula is C10H10N2OS2. The average Bonchev–Trinajstić information content (AvgIpc) is 2.89. The zero-order valence-electron chi connectivity index (χ0n) is 8.14. The van der Waals surface area contributed by atoms with Crippen LogP contribution >= 0.6 is 22.7 Å². The van der Waals surface area contributed by atoms with Gasteiger partial charge in [0, 0.05) is 16.5 Å². The van der Waals surface area contributed by atoms with Gasteiger partial charge in [-0.2, -0.15) is 0 Å². The van der Waals surface area contributed by atoms with Gasteiger partial charge in [-0.15, -0.1) is 22.7 Å². The number of hydrogen-bond donors (Lipinski definition) is 1. The molecule has 5 heteroatoms. The van der Waals surface area contributed by atoms with Gasteiger partial charge >= 0.3 is 0 Å². The van der Waals surface area contributed by atoms with E-state index in [9.17, 15) is 4.79 Å². The van der Waals surface area contributed by atoms with Crippen LogP contribution in [0.5, 0.6) is 0 Å². The van der Waals surface area contributed by atoms with Gasteiger partial charge in [-0.05, 0) is 18.4 Å². The molecule has 0 aliphatic carbocycles. The highest BCUT2D eigenvalue weighted by Crippen LogP contribution is 2.35. The second-order valence-corrected chi connectivity index (χ2v) is 5.15. The minimum atomic E-state index is -0.789. The van der Waals surface area contributed by atoms with Crippen LogP contribution in [0.25, 0.3) is 0 Å². The Morgan fingerprint density at radius 2 is 2.27 bits per heavy atom. The van der Waals surface area contributed by atoms with Crippen LogP contribution in [0.2, 0.25) is 0 Å². The van der Waals surface area contributed by atoms with Crippen molar-refractivity contribution in [2.24, 2.45) is 5.73 Å². The van der Waals surface area contributed by atoms with Crippen molar-refractivity contribution in [3.8, 4) is 0 Å². The van der Waals surface area contributed by atoms with Gasteiger partial charge in [0.2, 0.25) is 5.91 Å². The molecule has 0 fully saturated rings. The molecular weight excluding hydrogens is 228 g/mol. The number of carbonyl (C=O) groups is 1. The number of rotatable bonds is 3.